The zero-order valence-electron chi connectivity index (χ0n) is 20.0. The number of nitrogens with two attached hydrogens (primary N) is 1. The van der Waals surface area contributed by atoms with E-state index in [0.29, 0.717) is 18.8 Å². The van der Waals surface area contributed by atoms with Gasteiger partial charge in [0.2, 0.25) is 11.8 Å². The van der Waals surface area contributed by atoms with E-state index in [1.165, 1.54) is 0 Å². The minimum atomic E-state index is -0.822. The molecule has 2 amide bonds. The van der Waals surface area contributed by atoms with Crippen LogP contribution in [0.1, 0.15) is 45.2 Å². The molecule has 0 bridgehead atoms. The van der Waals surface area contributed by atoms with Crippen molar-refractivity contribution >= 4 is 11.8 Å². The van der Waals surface area contributed by atoms with E-state index >= 15 is 0 Å². The number of aliphatic hydroxyl groups excluding tert-OH is 1. The first-order valence-corrected chi connectivity index (χ1v) is 11.3. The first kappa shape index (κ1) is 26.4. The number of carbonyl (C=O) groups is 2. The fourth-order valence-electron chi connectivity index (χ4n) is 3.26. The van der Waals surface area contributed by atoms with Crippen molar-refractivity contribution in [1.29, 1.82) is 0 Å². The standard InChI is InChI=1S/C26H37N3O4/c1-18(2)14-22(27)24(31)28-23(25(32)29-26(3,4)17-30)15-19-10-12-21(13-11-19)33-16-20-8-6-5-7-9-20/h5-13,18,22-23,30H,14-17,27H2,1-4H3,(H,28,31)(H,29,32)/t22-,23-/m0/s1. The van der Waals surface area contributed by atoms with Gasteiger partial charge in [-0.25, -0.2) is 0 Å². The highest BCUT2D eigenvalue weighted by atomic mass is 16.5. The maximum Gasteiger partial charge on any atom is 0.243 e. The highest BCUT2D eigenvalue weighted by molar-refractivity contribution is 5.90. The first-order chi connectivity index (χ1) is 15.6. The summed E-state index contributed by atoms with van der Waals surface area (Å²) in [5.41, 5.74) is 7.14. The fourth-order valence-corrected chi connectivity index (χ4v) is 3.26. The summed E-state index contributed by atoms with van der Waals surface area (Å²) in [6, 6.07) is 15.8. The van der Waals surface area contributed by atoms with Crippen LogP contribution < -0.4 is 21.1 Å². The molecule has 7 heteroatoms. The highest BCUT2D eigenvalue weighted by Gasteiger charge is 2.28. The van der Waals surface area contributed by atoms with Gasteiger partial charge in [0.05, 0.1) is 18.2 Å². The minimum absolute atomic E-state index is 0.223. The van der Waals surface area contributed by atoms with Gasteiger partial charge >= 0.3 is 0 Å². The van der Waals surface area contributed by atoms with E-state index in [-0.39, 0.29) is 30.8 Å². The molecule has 0 spiro atoms. The minimum Gasteiger partial charge on any atom is -0.489 e. The molecule has 5 N–H and O–H groups in total. The monoisotopic (exact) mass is 455 g/mol. The molecule has 7 nitrogen and oxygen atoms in total. The second-order valence-electron chi connectivity index (χ2n) is 9.45. The van der Waals surface area contributed by atoms with E-state index in [1.54, 1.807) is 13.8 Å². The number of carbonyl (C=O) groups excluding carboxylic acids is 2. The van der Waals surface area contributed by atoms with Crippen molar-refractivity contribution < 1.29 is 19.4 Å². The third kappa shape index (κ3) is 9.24. The van der Waals surface area contributed by atoms with Crippen molar-refractivity contribution in [2.75, 3.05) is 6.61 Å². The fraction of sp³-hybridized carbons (Fsp3) is 0.462. The number of nitrogens with one attached hydrogen (secondary N) is 2. The summed E-state index contributed by atoms with van der Waals surface area (Å²) in [5, 5.41) is 15.1. The van der Waals surface area contributed by atoms with Crippen molar-refractivity contribution in [1.82, 2.24) is 10.6 Å². The lowest BCUT2D eigenvalue weighted by atomic mass is 10.0. The first-order valence-electron chi connectivity index (χ1n) is 11.3. The molecule has 2 aromatic carbocycles. The molecule has 2 atom stereocenters. The molecule has 0 aliphatic carbocycles. The third-order valence-corrected chi connectivity index (χ3v) is 5.16. The number of rotatable bonds is 12. The summed E-state index contributed by atoms with van der Waals surface area (Å²) >= 11 is 0. The van der Waals surface area contributed by atoms with E-state index < -0.39 is 17.6 Å². The predicted octanol–water partition coefficient (Wildman–Crippen LogP) is 2.55. The zero-order chi connectivity index (χ0) is 24.4. The van der Waals surface area contributed by atoms with Gasteiger partial charge in [-0.3, -0.25) is 9.59 Å². The molecule has 0 unspecified atom stereocenters. The molecular formula is C26H37N3O4. The number of amides is 2. The molecular weight excluding hydrogens is 418 g/mol. The van der Waals surface area contributed by atoms with Crippen LogP contribution in [0.15, 0.2) is 54.6 Å². The summed E-state index contributed by atoms with van der Waals surface area (Å²) in [4.78, 5) is 25.5. The van der Waals surface area contributed by atoms with Crippen molar-refractivity contribution in [2.24, 2.45) is 11.7 Å². The van der Waals surface area contributed by atoms with Gasteiger partial charge < -0.3 is 26.2 Å². The molecule has 0 radical (unpaired) electrons. The van der Waals surface area contributed by atoms with Gasteiger partial charge in [0, 0.05) is 6.42 Å². The van der Waals surface area contributed by atoms with Crippen LogP contribution in [0.5, 0.6) is 5.75 Å². The molecule has 0 aliphatic heterocycles. The van der Waals surface area contributed by atoms with Crippen molar-refractivity contribution in [3.63, 3.8) is 0 Å². The Morgan fingerprint density at radius 1 is 1.00 bits per heavy atom. The summed E-state index contributed by atoms with van der Waals surface area (Å²) in [7, 11) is 0. The van der Waals surface area contributed by atoms with Crippen LogP contribution in [-0.2, 0) is 22.6 Å². The van der Waals surface area contributed by atoms with E-state index in [4.69, 9.17) is 10.5 Å². The third-order valence-electron chi connectivity index (χ3n) is 5.16. The van der Waals surface area contributed by atoms with E-state index in [0.717, 1.165) is 11.1 Å². The van der Waals surface area contributed by atoms with Crippen LogP contribution in [-0.4, -0.2) is 41.2 Å². The molecule has 0 heterocycles. The smallest absolute Gasteiger partial charge is 0.243 e. The Morgan fingerprint density at radius 3 is 2.21 bits per heavy atom. The topological polar surface area (TPSA) is 114 Å². The number of benzene rings is 2. The molecule has 0 aliphatic rings. The van der Waals surface area contributed by atoms with Crippen LogP contribution in [0.3, 0.4) is 0 Å². The van der Waals surface area contributed by atoms with Gasteiger partial charge in [-0.1, -0.05) is 56.3 Å². The van der Waals surface area contributed by atoms with Gasteiger partial charge in [-0.2, -0.15) is 0 Å². The Labute approximate surface area is 196 Å². The van der Waals surface area contributed by atoms with Gasteiger partial charge in [0.15, 0.2) is 0 Å². The van der Waals surface area contributed by atoms with Gasteiger partial charge in [-0.15, -0.1) is 0 Å². The average Bonchev–Trinajstić information content (AvgIpc) is 2.78. The van der Waals surface area contributed by atoms with Gasteiger partial charge in [0.25, 0.3) is 0 Å². The zero-order valence-corrected chi connectivity index (χ0v) is 20.0. The van der Waals surface area contributed by atoms with E-state index in [2.05, 4.69) is 10.6 Å². The largest absolute Gasteiger partial charge is 0.489 e. The molecule has 0 fully saturated rings. The molecule has 0 aromatic heterocycles. The van der Waals surface area contributed by atoms with Crippen molar-refractivity contribution in [2.45, 2.75) is 64.8 Å². The Balaban J connectivity index is 2.07. The van der Waals surface area contributed by atoms with Crippen molar-refractivity contribution in [3.8, 4) is 5.75 Å². The van der Waals surface area contributed by atoms with Gasteiger partial charge in [0.1, 0.15) is 18.4 Å². The van der Waals surface area contributed by atoms with Crippen LogP contribution >= 0.6 is 0 Å². The normalized spacial score (nSPS) is 13.3. The molecule has 33 heavy (non-hydrogen) atoms. The molecule has 180 valence electrons. The Hall–Kier alpha value is -2.90. The maximum absolute atomic E-state index is 12.9. The van der Waals surface area contributed by atoms with Crippen LogP contribution in [0, 0.1) is 5.92 Å². The van der Waals surface area contributed by atoms with E-state index in [9.17, 15) is 14.7 Å². The summed E-state index contributed by atoms with van der Waals surface area (Å²) < 4.78 is 5.82. The highest BCUT2D eigenvalue weighted by Crippen LogP contribution is 2.16. The molecule has 0 saturated carbocycles. The summed E-state index contributed by atoms with van der Waals surface area (Å²) in [6.45, 7) is 7.65. The lowest BCUT2D eigenvalue weighted by Crippen LogP contribution is -2.57. The number of hydrogen-bond acceptors (Lipinski definition) is 5. The molecule has 0 saturated heterocycles. The Kier molecular flexibility index (Phi) is 9.88. The number of aliphatic hydroxyl groups is 1. The quantitative estimate of drug-likeness (QED) is 0.393. The van der Waals surface area contributed by atoms with Crippen molar-refractivity contribution in [3.05, 3.63) is 65.7 Å². The molecule has 2 rings (SSSR count). The SMILES string of the molecule is CC(C)C[C@H](N)C(=O)N[C@@H](Cc1ccc(OCc2ccccc2)cc1)C(=O)NC(C)(C)CO. The van der Waals surface area contributed by atoms with Gasteiger partial charge in [-0.05, 0) is 49.4 Å². The van der Waals surface area contributed by atoms with Crippen LogP contribution in [0.2, 0.25) is 0 Å². The second-order valence-corrected chi connectivity index (χ2v) is 9.45. The summed E-state index contributed by atoms with van der Waals surface area (Å²) in [5.74, 6) is 0.236. The van der Waals surface area contributed by atoms with Crippen LogP contribution in [0.25, 0.3) is 0 Å². The van der Waals surface area contributed by atoms with E-state index in [1.807, 2.05) is 68.4 Å². The lowest BCUT2D eigenvalue weighted by Gasteiger charge is -2.28. The molecule has 2 aromatic rings. The summed E-state index contributed by atoms with van der Waals surface area (Å²) in [6.07, 6.45) is 0.808. The Morgan fingerprint density at radius 2 is 1.64 bits per heavy atom. The maximum atomic E-state index is 12.9. The van der Waals surface area contributed by atoms with Crippen LogP contribution in [0.4, 0.5) is 0 Å². The number of hydrogen-bond donors (Lipinski definition) is 4. The second kappa shape index (κ2) is 12.4. The Bertz CT molecular complexity index is 882. The number of ether oxygens (including phenoxy) is 1. The lowest BCUT2D eigenvalue weighted by molar-refractivity contribution is -0.131. The predicted molar refractivity (Wildman–Crippen MR) is 130 cm³/mol. The average molecular weight is 456 g/mol.